The van der Waals surface area contributed by atoms with Crippen LogP contribution >= 0.6 is 0 Å². The SMILES string of the molecule is COc1cc2c(cc1OC)C(C)(C)CC1(CC(C)(C)c3cc(OC)c(OC)cc3O1)O2. The van der Waals surface area contributed by atoms with Crippen molar-refractivity contribution in [3.05, 3.63) is 35.4 Å². The summed E-state index contributed by atoms with van der Waals surface area (Å²) in [5.74, 6) is 3.36. The number of hydrogen-bond donors (Lipinski definition) is 0. The molecular formula is C25H32O6. The van der Waals surface area contributed by atoms with E-state index in [0.29, 0.717) is 35.8 Å². The number of hydrogen-bond acceptors (Lipinski definition) is 6. The fourth-order valence-electron chi connectivity index (χ4n) is 5.11. The molecule has 1 spiro atoms. The van der Waals surface area contributed by atoms with Crippen LogP contribution in [0, 0.1) is 0 Å². The van der Waals surface area contributed by atoms with Crippen molar-refractivity contribution >= 4 is 0 Å². The molecule has 2 aliphatic heterocycles. The Balaban J connectivity index is 1.83. The molecule has 0 saturated heterocycles. The standard InChI is InChI=1S/C25H32O6/c1-23(2)13-25(30-17-11-21(28-7)19(26-5)9-15(17)23)14-24(3,4)16-10-20(27-6)22(29-8)12-18(16)31-25/h9-12H,13-14H2,1-8H3. The maximum Gasteiger partial charge on any atom is 0.252 e. The monoisotopic (exact) mass is 428 g/mol. The molecular weight excluding hydrogens is 396 g/mol. The van der Waals surface area contributed by atoms with Crippen molar-refractivity contribution < 1.29 is 28.4 Å². The highest BCUT2D eigenvalue weighted by molar-refractivity contribution is 5.57. The van der Waals surface area contributed by atoms with E-state index in [1.165, 1.54) is 0 Å². The van der Waals surface area contributed by atoms with Crippen LogP contribution in [-0.4, -0.2) is 34.2 Å². The highest BCUT2D eigenvalue weighted by Crippen LogP contribution is 2.56. The van der Waals surface area contributed by atoms with Gasteiger partial charge in [-0.2, -0.15) is 0 Å². The molecule has 0 fully saturated rings. The summed E-state index contributed by atoms with van der Waals surface area (Å²) >= 11 is 0. The van der Waals surface area contributed by atoms with Crippen molar-refractivity contribution in [2.45, 2.75) is 57.2 Å². The fourth-order valence-corrected chi connectivity index (χ4v) is 5.11. The van der Waals surface area contributed by atoms with E-state index in [0.717, 1.165) is 22.6 Å². The van der Waals surface area contributed by atoms with Crippen LogP contribution in [0.4, 0.5) is 0 Å². The molecule has 2 aliphatic rings. The predicted molar refractivity (Wildman–Crippen MR) is 118 cm³/mol. The van der Waals surface area contributed by atoms with Crippen molar-refractivity contribution in [3.8, 4) is 34.5 Å². The van der Waals surface area contributed by atoms with E-state index >= 15 is 0 Å². The predicted octanol–water partition coefficient (Wildman–Crippen LogP) is 5.24. The Bertz CT molecular complexity index is 926. The van der Waals surface area contributed by atoms with Gasteiger partial charge in [0.2, 0.25) is 0 Å². The van der Waals surface area contributed by atoms with E-state index in [-0.39, 0.29) is 10.8 Å². The van der Waals surface area contributed by atoms with Crippen LogP contribution in [0.15, 0.2) is 24.3 Å². The van der Waals surface area contributed by atoms with E-state index in [1.54, 1.807) is 28.4 Å². The molecule has 6 nitrogen and oxygen atoms in total. The van der Waals surface area contributed by atoms with Crippen molar-refractivity contribution in [1.29, 1.82) is 0 Å². The highest BCUT2D eigenvalue weighted by atomic mass is 16.7. The lowest BCUT2D eigenvalue weighted by atomic mass is 9.69. The second kappa shape index (κ2) is 7.14. The van der Waals surface area contributed by atoms with E-state index in [1.807, 2.05) is 24.3 Å². The molecule has 2 aromatic carbocycles. The van der Waals surface area contributed by atoms with Gasteiger partial charge in [0.1, 0.15) is 11.5 Å². The van der Waals surface area contributed by atoms with Gasteiger partial charge in [-0.1, -0.05) is 27.7 Å². The zero-order valence-electron chi connectivity index (χ0n) is 19.7. The summed E-state index contributed by atoms with van der Waals surface area (Å²) in [7, 11) is 6.55. The minimum absolute atomic E-state index is 0.197. The Morgan fingerprint density at radius 1 is 0.581 bits per heavy atom. The smallest absolute Gasteiger partial charge is 0.252 e. The Morgan fingerprint density at radius 3 is 1.23 bits per heavy atom. The Kier molecular flexibility index (Phi) is 4.95. The zero-order valence-corrected chi connectivity index (χ0v) is 19.7. The Morgan fingerprint density at radius 2 is 0.903 bits per heavy atom. The van der Waals surface area contributed by atoms with Crippen LogP contribution in [0.1, 0.15) is 51.7 Å². The second-order valence-electron chi connectivity index (χ2n) is 9.64. The van der Waals surface area contributed by atoms with Crippen molar-refractivity contribution in [3.63, 3.8) is 0 Å². The average Bonchev–Trinajstić information content (AvgIpc) is 2.70. The first-order chi connectivity index (χ1) is 14.6. The Hall–Kier alpha value is -2.76. The highest BCUT2D eigenvalue weighted by Gasteiger charge is 2.53. The van der Waals surface area contributed by atoms with E-state index in [9.17, 15) is 0 Å². The molecule has 0 aromatic heterocycles. The third-order valence-electron chi connectivity index (χ3n) is 6.44. The number of methoxy groups -OCH3 is 4. The van der Waals surface area contributed by atoms with E-state index in [2.05, 4.69) is 27.7 Å². The van der Waals surface area contributed by atoms with Gasteiger partial charge in [0.25, 0.3) is 5.79 Å². The Labute approximate surface area is 184 Å². The first-order valence-electron chi connectivity index (χ1n) is 10.5. The van der Waals surface area contributed by atoms with Gasteiger partial charge < -0.3 is 28.4 Å². The van der Waals surface area contributed by atoms with Crippen LogP contribution in [0.3, 0.4) is 0 Å². The summed E-state index contributed by atoms with van der Waals surface area (Å²) in [5.41, 5.74) is 1.76. The second-order valence-corrected chi connectivity index (χ2v) is 9.64. The van der Waals surface area contributed by atoms with Gasteiger partial charge in [0.05, 0.1) is 28.4 Å². The summed E-state index contributed by atoms with van der Waals surface area (Å²) in [6.07, 6.45) is 1.39. The topological polar surface area (TPSA) is 55.4 Å². The molecule has 6 heteroatoms. The molecule has 168 valence electrons. The summed E-state index contributed by atoms with van der Waals surface area (Å²) in [6, 6.07) is 7.82. The molecule has 2 heterocycles. The van der Waals surface area contributed by atoms with E-state index in [4.69, 9.17) is 28.4 Å². The minimum atomic E-state index is -0.813. The first kappa shape index (κ1) is 21.5. The molecule has 31 heavy (non-hydrogen) atoms. The first-order valence-corrected chi connectivity index (χ1v) is 10.5. The minimum Gasteiger partial charge on any atom is -0.493 e. The normalized spacial score (nSPS) is 19.4. The van der Waals surface area contributed by atoms with Gasteiger partial charge in [0, 0.05) is 46.9 Å². The number of benzene rings is 2. The zero-order chi connectivity index (χ0) is 22.6. The van der Waals surface area contributed by atoms with Gasteiger partial charge >= 0.3 is 0 Å². The van der Waals surface area contributed by atoms with Crippen LogP contribution in [0.5, 0.6) is 34.5 Å². The van der Waals surface area contributed by atoms with Gasteiger partial charge in [-0.15, -0.1) is 0 Å². The van der Waals surface area contributed by atoms with Crippen LogP contribution in [-0.2, 0) is 10.8 Å². The molecule has 0 unspecified atom stereocenters. The summed E-state index contributed by atoms with van der Waals surface area (Å²) in [4.78, 5) is 0. The third-order valence-corrected chi connectivity index (χ3v) is 6.44. The van der Waals surface area contributed by atoms with Gasteiger partial charge in [-0.05, 0) is 12.1 Å². The van der Waals surface area contributed by atoms with Crippen molar-refractivity contribution in [1.82, 2.24) is 0 Å². The number of ether oxygens (including phenoxy) is 6. The van der Waals surface area contributed by atoms with Gasteiger partial charge in [-0.3, -0.25) is 0 Å². The molecule has 0 bridgehead atoms. The van der Waals surface area contributed by atoms with Crippen molar-refractivity contribution in [2.24, 2.45) is 0 Å². The molecule has 0 atom stereocenters. The van der Waals surface area contributed by atoms with Crippen LogP contribution < -0.4 is 28.4 Å². The molecule has 0 amide bonds. The van der Waals surface area contributed by atoms with E-state index < -0.39 is 5.79 Å². The molecule has 0 radical (unpaired) electrons. The maximum absolute atomic E-state index is 6.63. The molecule has 0 aliphatic carbocycles. The lowest BCUT2D eigenvalue weighted by Crippen LogP contribution is -2.55. The number of fused-ring (bicyclic) bond motifs is 2. The van der Waals surface area contributed by atoms with Gasteiger partial charge in [0.15, 0.2) is 23.0 Å². The van der Waals surface area contributed by atoms with Crippen molar-refractivity contribution in [2.75, 3.05) is 28.4 Å². The van der Waals surface area contributed by atoms with Crippen LogP contribution in [0.25, 0.3) is 0 Å². The summed E-state index contributed by atoms with van der Waals surface area (Å²) < 4.78 is 35.4. The third kappa shape index (κ3) is 3.42. The lowest BCUT2D eigenvalue weighted by Gasteiger charge is -2.51. The summed E-state index contributed by atoms with van der Waals surface area (Å²) in [6.45, 7) is 8.84. The van der Waals surface area contributed by atoms with Crippen LogP contribution in [0.2, 0.25) is 0 Å². The lowest BCUT2D eigenvalue weighted by molar-refractivity contribution is -0.166. The molecule has 0 N–H and O–H groups in total. The maximum atomic E-state index is 6.63. The average molecular weight is 429 g/mol. The van der Waals surface area contributed by atoms with Gasteiger partial charge in [-0.25, -0.2) is 0 Å². The summed E-state index contributed by atoms with van der Waals surface area (Å²) in [5, 5.41) is 0. The number of rotatable bonds is 4. The largest absolute Gasteiger partial charge is 0.493 e. The molecule has 2 aromatic rings. The molecule has 4 rings (SSSR count). The fraction of sp³-hybridized carbons (Fsp3) is 0.520. The quantitative estimate of drug-likeness (QED) is 0.664. The molecule has 0 saturated carbocycles.